The maximum absolute atomic E-state index is 8.76. The van der Waals surface area contributed by atoms with Crippen molar-refractivity contribution in [2.24, 2.45) is 0 Å². The predicted octanol–water partition coefficient (Wildman–Crippen LogP) is 8.11. The highest BCUT2D eigenvalue weighted by Gasteiger charge is 2.15. The average Bonchev–Trinajstić information content (AvgIpc) is 3.66. The van der Waals surface area contributed by atoms with Crippen molar-refractivity contribution in [2.45, 2.75) is 99.2 Å². The maximum atomic E-state index is 8.76. The molecule has 0 amide bonds. The highest BCUT2D eigenvalue weighted by atomic mass is 16.3. The first-order chi connectivity index (χ1) is 20.9. The summed E-state index contributed by atoms with van der Waals surface area (Å²) in [5.41, 5.74) is 5.26. The van der Waals surface area contributed by atoms with E-state index in [0.717, 1.165) is 31.6 Å². The molecule has 1 atom stereocenters. The number of aromatic nitrogens is 2. The van der Waals surface area contributed by atoms with Crippen molar-refractivity contribution in [2.75, 3.05) is 26.2 Å². The van der Waals surface area contributed by atoms with Gasteiger partial charge in [0.1, 0.15) is 0 Å². The maximum Gasteiger partial charge on any atom is 0.0620 e. The van der Waals surface area contributed by atoms with Crippen molar-refractivity contribution < 1.29 is 5.11 Å². The van der Waals surface area contributed by atoms with Crippen LogP contribution in [0.4, 0.5) is 0 Å². The predicted molar refractivity (Wildman–Crippen MR) is 187 cm³/mol. The Morgan fingerprint density at radius 3 is 2.37 bits per heavy atom. The number of aryl methyl sites for hydroxylation is 1. The molecule has 1 unspecified atom stereocenters. The number of rotatable bonds is 12. The number of fused-ring (bicyclic) bond motifs is 1. The van der Waals surface area contributed by atoms with Gasteiger partial charge >= 0.3 is 0 Å². The van der Waals surface area contributed by atoms with E-state index < -0.39 is 0 Å². The van der Waals surface area contributed by atoms with Crippen molar-refractivity contribution in [3.8, 4) is 12.8 Å². The number of aliphatic hydroxyl groups is 1. The molecule has 1 fully saturated rings. The highest BCUT2D eigenvalue weighted by Crippen LogP contribution is 2.17. The van der Waals surface area contributed by atoms with Gasteiger partial charge in [0, 0.05) is 19.1 Å². The Morgan fingerprint density at radius 1 is 1.07 bits per heavy atom. The number of nitrogens with zero attached hydrogens (tertiary/aromatic N) is 3. The second-order valence-electron chi connectivity index (χ2n) is 11.2. The van der Waals surface area contributed by atoms with E-state index in [1.54, 1.807) is 0 Å². The number of aliphatic hydroxyl groups excluding tert-OH is 1. The molecule has 2 heterocycles. The number of nitrogens with one attached hydrogen (secondary N) is 1. The molecule has 1 aliphatic heterocycles. The van der Waals surface area contributed by atoms with Gasteiger partial charge in [0.15, 0.2) is 0 Å². The van der Waals surface area contributed by atoms with E-state index in [2.05, 4.69) is 134 Å². The van der Waals surface area contributed by atoms with Crippen molar-refractivity contribution >= 4 is 10.8 Å². The lowest BCUT2D eigenvalue weighted by Crippen LogP contribution is -2.30. The van der Waals surface area contributed by atoms with Crippen LogP contribution in [0.1, 0.15) is 83.7 Å². The summed E-state index contributed by atoms with van der Waals surface area (Å²) in [5.74, 6) is 0. The molecule has 2 aromatic carbocycles. The number of hydrogen-bond acceptors (Lipinski definition) is 4. The second-order valence-corrected chi connectivity index (χ2v) is 11.2. The third-order valence-corrected chi connectivity index (χ3v) is 7.18. The molecule has 3 aromatic rings. The van der Waals surface area contributed by atoms with Gasteiger partial charge in [-0.15, -0.1) is 12.8 Å². The molecule has 1 saturated heterocycles. The normalized spacial score (nSPS) is 13.9. The largest absolute Gasteiger partial charge is 0.395 e. The number of hydrogen-bond donors (Lipinski definition) is 2. The van der Waals surface area contributed by atoms with E-state index in [9.17, 15) is 0 Å². The van der Waals surface area contributed by atoms with Gasteiger partial charge in [-0.25, -0.2) is 0 Å². The standard InChI is InChI=1S/C16H27N3.C15H19NO.C5H10.C2H2/c1-4-5-8-14(2)12-19-16(11-15(3)17-19)13-18-9-6-7-10-18;1-12(16-8-9-17)10-13-6-7-14-4-2-3-5-15(14)11-13;1-3-5-4-2;1-2/h8,11H,4-7,9-10,12-13H2,1-3H3;2-7,11-12,16-17H,8-10H2,1H3;3,5H,4H2,1-2H3;1-2H/b14-8+;;5-3-;. The Labute approximate surface area is 263 Å². The molecule has 1 aromatic heterocycles. The van der Waals surface area contributed by atoms with Gasteiger partial charge in [-0.3, -0.25) is 9.58 Å². The fraction of sp³-hybridized carbons (Fsp3) is 0.500. The number of likely N-dealkylation sites (tertiary alicyclic amines) is 1. The van der Waals surface area contributed by atoms with Crippen LogP contribution in [0.3, 0.4) is 0 Å². The fourth-order valence-electron chi connectivity index (χ4n) is 5.06. The summed E-state index contributed by atoms with van der Waals surface area (Å²) in [4.78, 5) is 2.54. The van der Waals surface area contributed by atoms with Crippen molar-refractivity contribution in [3.63, 3.8) is 0 Å². The third kappa shape index (κ3) is 15.7. The summed E-state index contributed by atoms with van der Waals surface area (Å²) in [6.45, 7) is 18.2. The third-order valence-electron chi connectivity index (χ3n) is 7.18. The molecule has 4 rings (SSSR count). The first-order valence-electron chi connectivity index (χ1n) is 16.1. The van der Waals surface area contributed by atoms with E-state index in [1.165, 1.54) is 66.4 Å². The molecule has 0 aliphatic carbocycles. The summed E-state index contributed by atoms with van der Waals surface area (Å²) in [6.07, 6.45) is 21.8. The van der Waals surface area contributed by atoms with Gasteiger partial charge in [-0.2, -0.15) is 5.10 Å². The summed E-state index contributed by atoms with van der Waals surface area (Å²) < 4.78 is 2.19. The number of terminal acetylenes is 1. The Bertz CT molecular complexity index is 1220. The van der Waals surface area contributed by atoms with Crippen LogP contribution in [-0.2, 0) is 19.5 Å². The zero-order chi connectivity index (χ0) is 31.9. The van der Waals surface area contributed by atoms with Crippen LogP contribution in [0.2, 0.25) is 0 Å². The number of unbranched alkanes of at least 4 members (excludes halogenated alkanes) is 1. The first kappa shape index (κ1) is 37.9. The monoisotopic (exact) mass is 586 g/mol. The lowest BCUT2D eigenvalue weighted by Gasteiger charge is -2.15. The Morgan fingerprint density at radius 2 is 1.77 bits per heavy atom. The van der Waals surface area contributed by atoms with Crippen LogP contribution in [-0.4, -0.2) is 52.1 Å². The van der Waals surface area contributed by atoms with Gasteiger partial charge < -0.3 is 10.4 Å². The lowest BCUT2D eigenvalue weighted by molar-refractivity contribution is 0.285. The Balaban J connectivity index is 0.000000356. The Kier molecular flexibility index (Phi) is 20.5. The summed E-state index contributed by atoms with van der Waals surface area (Å²) in [6, 6.07) is 17.6. The number of benzene rings is 2. The van der Waals surface area contributed by atoms with Crippen LogP contribution < -0.4 is 5.32 Å². The zero-order valence-electron chi connectivity index (χ0n) is 27.9. The zero-order valence-corrected chi connectivity index (χ0v) is 27.9. The minimum Gasteiger partial charge on any atom is -0.395 e. The minimum atomic E-state index is 0.196. The van der Waals surface area contributed by atoms with E-state index in [-0.39, 0.29) is 6.61 Å². The van der Waals surface area contributed by atoms with E-state index in [1.807, 2.05) is 6.92 Å². The van der Waals surface area contributed by atoms with Gasteiger partial charge in [-0.1, -0.05) is 86.5 Å². The fourth-order valence-corrected chi connectivity index (χ4v) is 5.06. The van der Waals surface area contributed by atoms with Crippen molar-refractivity contribution in [3.05, 3.63) is 89.3 Å². The molecule has 43 heavy (non-hydrogen) atoms. The molecule has 0 spiro atoms. The topological polar surface area (TPSA) is 53.3 Å². The van der Waals surface area contributed by atoms with Gasteiger partial charge in [-0.05, 0) is 95.3 Å². The minimum absolute atomic E-state index is 0.196. The first-order valence-corrected chi connectivity index (χ1v) is 16.1. The number of allylic oxidation sites excluding steroid dienone is 4. The summed E-state index contributed by atoms with van der Waals surface area (Å²) >= 11 is 0. The van der Waals surface area contributed by atoms with Crippen LogP contribution in [0, 0.1) is 19.8 Å². The molecule has 5 nitrogen and oxygen atoms in total. The molecular weight excluding hydrogens is 528 g/mol. The highest BCUT2D eigenvalue weighted by molar-refractivity contribution is 5.83. The molecular formula is C38H58N4O. The lowest BCUT2D eigenvalue weighted by atomic mass is 10.0. The van der Waals surface area contributed by atoms with Crippen LogP contribution in [0.15, 0.2) is 72.3 Å². The van der Waals surface area contributed by atoms with Gasteiger partial charge in [0.2, 0.25) is 0 Å². The molecule has 0 radical (unpaired) electrons. The molecule has 0 saturated carbocycles. The van der Waals surface area contributed by atoms with Crippen molar-refractivity contribution in [1.29, 1.82) is 0 Å². The van der Waals surface area contributed by atoms with Gasteiger partial charge in [0.05, 0.1) is 24.5 Å². The SMILES string of the molecule is C#C.C/C=C\CC.CC(Cc1ccc2ccccc2c1)NCCO.CCC/C=C(\C)Cn1nc(C)cc1CN1CCCC1. The van der Waals surface area contributed by atoms with Crippen LogP contribution >= 0.6 is 0 Å². The van der Waals surface area contributed by atoms with Crippen LogP contribution in [0.5, 0.6) is 0 Å². The smallest absolute Gasteiger partial charge is 0.0620 e. The molecule has 1 aliphatic rings. The molecule has 2 N–H and O–H groups in total. The molecule has 0 bridgehead atoms. The van der Waals surface area contributed by atoms with E-state index in [0.29, 0.717) is 12.6 Å². The van der Waals surface area contributed by atoms with E-state index >= 15 is 0 Å². The molecule has 5 heteroatoms. The average molecular weight is 587 g/mol. The van der Waals surface area contributed by atoms with E-state index in [4.69, 9.17) is 5.11 Å². The quantitative estimate of drug-likeness (QED) is 0.166. The Hall–Kier alpha value is -3.17. The summed E-state index contributed by atoms with van der Waals surface area (Å²) in [5, 5.41) is 19.3. The summed E-state index contributed by atoms with van der Waals surface area (Å²) in [7, 11) is 0. The van der Waals surface area contributed by atoms with Gasteiger partial charge in [0.25, 0.3) is 0 Å². The second kappa shape index (κ2) is 23.3. The van der Waals surface area contributed by atoms with Crippen molar-refractivity contribution in [1.82, 2.24) is 20.0 Å². The molecule has 236 valence electrons. The van der Waals surface area contributed by atoms with Crippen LogP contribution in [0.25, 0.3) is 10.8 Å².